The fourth-order valence-electron chi connectivity index (χ4n) is 2.23. The second-order valence-electron chi connectivity index (χ2n) is 5.13. The third-order valence-electron chi connectivity index (χ3n) is 3.23. The van der Waals surface area contributed by atoms with E-state index in [4.69, 9.17) is 0 Å². The lowest BCUT2D eigenvalue weighted by atomic mass is 9.91. The highest BCUT2D eigenvalue weighted by atomic mass is 32.1. The molecule has 0 saturated carbocycles. The summed E-state index contributed by atoms with van der Waals surface area (Å²) in [6.07, 6.45) is 4.86. The molecule has 1 N–H and O–H groups in total. The van der Waals surface area contributed by atoms with E-state index in [9.17, 15) is 9.90 Å². The molecule has 1 heterocycles. The largest absolute Gasteiger partial charge is 0.481 e. The van der Waals surface area contributed by atoms with E-state index in [2.05, 4.69) is 18.8 Å². The smallest absolute Gasteiger partial charge is 0.312 e. The van der Waals surface area contributed by atoms with Crippen molar-refractivity contribution in [2.24, 2.45) is 5.92 Å². The average Bonchev–Trinajstić information content (AvgIpc) is 2.68. The Labute approximate surface area is 106 Å². The van der Waals surface area contributed by atoms with E-state index in [1.54, 1.807) is 11.3 Å². The maximum Gasteiger partial charge on any atom is 0.312 e. The molecule has 1 aliphatic carbocycles. The molecule has 0 bridgehead atoms. The Morgan fingerprint density at radius 1 is 1.59 bits per heavy atom. The number of nitrogens with zero attached hydrogens (tertiary/aromatic N) is 1. The van der Waals surface area contributed by atoms with Crippen molar-refractivity contribution in [2.75, 3.05) is 0 Å². The summed E-state index contributed by atoms with van der Waals surface area (Å²) < 4.78 is 0. The van der Waals surface area contributed by atoms with Gasteiger partial charge in [-0.25, -0.2) is 4.98 Å². The van der Waals surface area contributed by atoms with Crippen molar-refractivity contribution in [1.82, 2.24) is 4.98 Å². The Balaban J connectivity index is 2.16. The molecule has 17 heavy (non-hydrogen) atoms. The first kappa shape index (κ1) is 12.6. The van der Waals surface area contributed by atoms with Crippen LogP contribution in [-0.2, 0) is 17.6 Å². The zero-order chi connectivity index (χ0) is 12.4. The summed E-state index contributed by atoms with van der Waals surface area (Å²) in [6.45, 7) is 4.40. The van der Waals surface area contributed by atoms with Gasteiger partial charge >= 0.3 is 5.97 Å². The lowest BCUT2D eigenvalue weighted by Crippen LogP contribution is -2.17. The van der Waals surface area contributed by atoms with Crippen molar-refractivity contribution < 1.29 is 9.90 Å². The van der Waals surface area contributed by atoms with Crippen molar-refractivity contribution in [2.45, 2.75) is 51.9 Å². The first-order valence-electron chi connectivity index (χ1n) is 6.29. The maximum atomic E-state index is 11.2. The number of fused-ring (bicyclic) bond motifs is 1. The fraction of sp³-hybridized carbons (Fsp3) is 0.692. The Bertz CT molecular complexity index is 412. The van der Waals surface area contributed by atoms with Crippen molar-refractivity contribution >= 4 is 17.3 Å². The van der Waals surface area contributed by atoms with Crippen LogP contribution in [0.25, 0.3) is 0 Å². The van der Waals surface area contributed by atoms with Gasteiger partial charge in [-0.1, -0.05) is 13.8 Å². The highest BCUT2D eigenvalue weighted by Crippen LogP contribution is 2.35. The van der Waals surface area contributed by atoms with Crippen LogP contribution in [0, 0.1) is 5.92 Å². The van der Waals surface area contributed by atoms with Crippen LogP contribution < -0.4 is 0 Å². The van der Waals surface area contributed by atoms with Gasteiger partial charge < -0.3 is 5.11 Å². The summed E-state index contributed by atoms with van der Waals surface area (Å²) in [7, 11) is 0. The summed E-state index contributed by atoms with van der Waals surface area (Å²) in [4.78, 5) is 16.9. The van der Waals surface area contributed by atoms with Crippen LogP contribution in [-0.4, -0.2) is 16.1 Å². The Kier molecular flexibility index (Phi) is 3.82. The first-order valence-corrected chi connectivity index (χ1v) is 7.11. The number of carboxylic acid groups (broad SMARTS) is 1. The van der Waals surface area contributed by atoms with Crippen molar-refractivity contribution in [1.29, 1.82) is 0 Å². The molecule has 0 aromatic carbocycles. The van der Waals surface area contributed by atoms with Gasteiger partial charge in [0.15, 0.2) is 0 Å². The zero-order valence-electron chi connectivity index (χ0n) is 10.4. The number of thiazole rings is 1. The van der Waals surface area contributed by atoms with Gasteiger partial charge in [0.1, 0.15) is 0 Å². The predicted molar refractivity (Wildman–Crippen MR) is 68.6 cm³/mol. The molecule has 0 saturated heterocycles. The first-order chi connectivity index (χ1) is 8.08. The van der Waals surface area contributed by atoms with Crippen molar-refractivity contribution in [3.8, 4) is 0 Å². The molecule has 1 aromatic rings. The Hall–Kier alpha value is -0.900. The minimum atomic E-state index is -0.716. The van der Waals surface area contributed by atoms with Crippen LogP contribution in [0.3, 0.4) is 0 Å². The maximum absolute atomic E-state index is 11.2. The lowest BCUT2D eigenvalue weighted by Gasteiger charge is -2.16. The summed E-state index contributed by atoms with van der Waals surface area (Å²) in [5.74, 6) is -0.402. The third kappa shape index (κ3) is 2.86. The van der Waals surface area contributed by atoms with Crippen molar-refractivity contribution in [3.05, 3.63) is 15.6 Å². The zero-order valence-corrected chi connectivity index (χ0v) is 11.2. The molecular formula is C13H19NO2S. The molecule has 4 heteroatoms. The SMILES string of the molecule is CC(C)CCc1nc2c(s1)CCCC2C(=O)O. The number of aryl methyl sites for hydroxylation is 2. The van der Waals surface area contributed by atoms with Gasteiger partial charge in [0.25, 0.3) is 0 Å². The minimum absolute atomic E-state index is 0.359. The van der Waals surface area contributed by atoms with E-state index < -0.39 is 5.97 Å². The monoisotopic (exact) mass is 253 g/mol. The second kappa shape index (κ2) is 5.17. The lowest BCUT2D eigenvalue weighted by molar-refractivity contribution is -0.139. The third-order valence-corrected chi connectivity index (χ3v) is 4.42. The highest BCUT2D eigenvalue weighted by molar-refractivity contribution is 7.11. The van der Waals surface area contributed by atoms with Gasteiger partial charge in [0, 0.05) is 4.88 Å². The molecule has 94 valence electrons. The van der Waals surface area contributed by atoms with E-state index in [-0.39, 0.29) is 5.92 Å². The molecule has 1 atom stereocenters. The van der Waals surface area contributed by atoms with E-state index in [1.165, 1.54) is 4.88 Å². The topological polar surface area (TPSA) is 50.2 Å². The van der Waals surface area contributed by atoms with E-state index in [1.807, 2.05) is 0 Å². The number of aliphatic carboxylic acids is 1. The molecule has 1 aromatic heterocycles. The number of carbonyl (C=O) groups is 1. The van der Waals surface area contributed by atoms with E-state index >= 15 is 0 Å². The van der Waals surface area contributed by atoms with Gasteiger partial charge in [0.2, 0.25) is 0 Å². The van der Waals surface area contributed by atoms with Crippen LogP contribution in [0.5, 0.6) is 0 Å². The van der Waals surface area contributed by atoms with Crippen LogP contribution in [0.2, 0.25) is 0 Å². The molecular weight excluding hydrogens is 234 g/mol. The number of hydrogen-bond donors (Lipinski definition) is 1. The molecule has 0 spiro atoms. The molecule has 0 radical (unpaired) electrons. The van der Waals surface area contributed by atoms with Crippen LogP contribution in [0.15, 0.2) is 0 Å². The molecule has 2 rings (SSSR count). The van der Waals surface area contributed by atoms with Gasteiger partial charge in [-0.3, -0.25) is 4.79 Å². The van der Waals surface area contributed by atoms with Crippen LogP contribution in [0.1, 0.15) is 54.6 Å². The number of aromatic nitrogens is 1. The normalized spacial score (nSPS) is 19.4. The van der Waals surface area contributed by atoms with E-state index in [0.29, 0.717) is 5.92 Å². The second-order valence-corrected chi connectivity index (χ2v) is 6.30. The Morgan fingerprint density at radius 3 is 3.00 bits per heavy atom. The average molecular weight is 253 g/mol. The molecule has 0 fully saturated rings. The summed E-state index contributed by atoms with van der Waals surface area (Å²) in [6, 6.07) is 0. The summed E-state index contributed by atoms with van der Waals surface area (Å²) in [5, 5.41) is 10.3. The molecule has 0 aliphatic heterocycles. The van der Waals surface area contributed by atoms with Gasteiger partial charge in [-0.2, -0.15) is 0 Å². The number of rotatable bonds is 4. The molecule has 1 unspecified atom stereocenters. The molecule has 0 amide bonds. The summed E-state index contributed by atoms with van der Waals surface area (Å²) >= 11 is 1.72. The standard InChI is InChI=1S/C13H19NO2S/c1-8(2)6-7-11-14-12-9(13(15)16)4-3-5-10(12)17-11/h8-9H,3-7H2,1-2H3,(H,15,16). The molecule has 1 aliphatic rings. The number of carboxylic acids is 1. The Morgan fingerprint density at radius 2 is 2.35 bits per heavy atom. The fourth-order valence-corrected chi connectivity index (χ4v) is 3.42. The van der Waals surface area contributed by atoms with Gasteiger partial charge in [-0.05, 0) is 38.0 Å². The van der Waals surface area contributed by atoms with Crippen LogP contribution >= 0.6 is 11.3 Å². The quantitative estimate of drug-likeness (QED) is 0.896. The summed E-state index contributed by atoms with van der Waals surface area (Å²) in [5.41, 5.74) is 0.854. The predicted octanol–water partition coefficient (Wildman–Crippen LogP) is 3.24. The van der Waals surface area contributed by atoms with Crippen LogP contribution in [0.4, 0.5) is 0 Å². The van der Waals surface area contributed by atoms with Gasteiger partial charge in [-0.15, -0.1) is 11.3 Å². The van der Waals surface area contributed by atoms with E-state index in [0.717, 1.165) is 42.8 Å². The van der Waals surface area contributed by atoms with Crippen molar-refractivity contribution in [3.63, 3.8) is 0 Å². The number of hydrogen-bond acceptors (Lipinski definition) is 3. The van der Waals surface area contributed by atoms with Gasteiger partial charge in [0.05, 0.1) is 16.6 Å². The molecule has 3 nitrogen and oxygen atoms in total. The minimum Gasteiger partial charge on any atom is -0.481 e. The highest BCUT2D eigenvalue weighted by Gasteiger charge is 2.29.